The fourth-order valence-corrected chi connectivity index (χ4v) is 1.31. The van der Waals surface area contributed by atoms with Gasteiger partial charge >= 0.3 is 6.18 Å². The molecule has 0 saturated carbocycles. The van der Waals surface area contributed by atoms with Gasteiger partial charge in [0.2, 0.25) is 5.91 Å². The minimum Gasteiger partial charge on any atom is -0.355 e. The van der Waals surface area contributed by atoms with Crippen molar-refractivity contribution in [3.8, 4) is 11.8 Å². The zero-order valence-electron chi connectivity index (χ0n) is 10.1. The summed E-state index contributed by atoms with van der Waals surface area (Å²) in [5, 5.41) is 2.47. The average Bonchev–Trinajstić information content (AvgIpc) is 2.28. The lowest BCUT2D eigenvalue weighted by atomic mass is 10.1. The highest BCUT2D eigenvalue weighted by atomic mass is 19.4. The highest BCUT2D eigenvalue weighted by Crippen LogP contribution is 2.32. The first kappa shape index (κ1) is 15.0. The van der Waals surface area contributed by atoms with Crippen LogP contribution in [0.15, 0.2) is 18.2 Å². The topological polar surface area (TPSA) is 29.1 Å². The third-order valence-electron chi connectivity index (χ3n) is 2.15. The van der Waals surface area contributed by atoms with Gasteiger partial charge in [-0.05, 0) is 12.1 Å². The lowest BCUT2D eigenvalue weighted by Gasteiger charge is -2.08. The molecule has 1 N–H and O–H groups in total. The molecule has 1 aromatic carbocycles. The molecule has 1 rings (SSSR count). The zero-order valence-corrected chi connectivity index (χ0v) is 10.1. The first-order valence-corrected chi connectivity index (χ1v) is 5.41. The molecular formula is C13H11F4NO. The molecule has 1 aromatic rings. The molecule has 1 amide bonds. The van der Waals surface area contributed by atoms with Crippen molar-refractivity contribution < 1.29 is 22.4 Å². The van der Waals surface area contributed by atoms with Crippen molar-refractivity contribution in [1.82, 2.24) is 5.32 Å². The highest BCUT2D eigenvalue weighted by Gasteiger charge is 2.34. The van der Waals surface area contributed by atoms with E-state index in [4.69, 9.17) is 0 Å². The van der Waals surface area contributed by atoms with Crippen LogP contribution in [0.3, 0.4) is 0 Å². The van der Waals surface area contributed by atoms with Crippen molar-refractivity contribution in [3.63, 3.8) is 0 Å². The van der Waals surface area contributed by atoms with Gasteiger partial charge in [-0.3, -0.25) is 4.79 Å². The molecule has 0 saturated heterocycles. The molecule has 0 spiro atoms. The maximum Gasteiger partial charge on any atom is 0.419 e. The van der Waals surface area contributed by atoms with Crippen molar-refractivity contribution in [1.29, 1.82) is 0 Å². The Balaban J connectivity index is 2.80. The van der Waals surface area contributed by atoms with Gasteiger partial charge in [0.15, 0.2) is 5.82 Å². The predicted octanol–water partition coefficient (Wildman–Crippen LogP) is 2.72. The fourth-order valence-electron chi connectivity index (χ4n) is 1.31. The molecule has 19 heavy (non-hydrogen) atoms. The third-order valence-corrected chi connectivity index (χ3v) is 2.15. The van der Waals surface area contributed by atoms with Gasteiger partial charge in [0.05, 0.1) is 11.1 Å². The molecule has 0 heterocycles. The van der Waals surface area contributed by atoms with Crippen molar-refractivity contribution in [2.24, 2.45) is 0 Å². The molecule has 6 heteroatoms. The Labute approximate surface area is 107 Å². The van der Waals surface area contributed by atoms with Gasteiger partial charge in [-0.25, -0.2) is 4.39 Å². The largest absolute Gasteiger partial charge is 0.419 e. The van der Waals surface area contributed by atoms with Crippen LogP contribution >= 0.6 is 0 Å². The smallest absolute Gasteiger partial charge is 0.355 e. The van der Waals surface area contributed by atoms with Gasteiger partial charge in [-0.2, -0.15) is 13.2 Å². The number of nitrogens with one attached hydrogen (secondary N) is 1. The minimum atomic E-state index is -4.74. The molecular weight excluding hydrogens is 262 g/mol. The highest BCUT2D eigenvalue weighted by molar-refractivity contribution is 5.72. The first-order chi connectivity index (χ1) is 8.82. The van der Waals surface area contributed by atoms with Crippen LogP contribution in [0, 0.1) is 17.7 Å². The Bertz CT molecular complexity index is 526. The molecule has 0 atom stereocenters. The van der Waals surface area contributed by atoms with E-state index in [1.54, 1.807) is 0 Å². The second kappa shape index (κ2) is 6.23. The molecule has 2 nitrogen and oxygen atoms in total. The molecule has 0 aliphatic carbocycles. The Morgan fingerprint density at radius 3 is 2.63 bits per heavy atom. The molecule has 0 aliphatic rings. The van der Waals surface area contributed by atoms with Crippen molar-refractivity contribution in [2.45, 2.75) is 19.5 Å². The molecule has 102 valence electrons. The van der Waals surface area contributed by atoms with Gasteiger partial charge in [0.1, 0.15) is 0 Å². The van der Waals surface area contributed by atoms with Crippen molar-refractivity contribution in [2.75, 3.05) is 6.54 Å². The first-order valence-electron chi connectivity index (χ1n) is 5.41. The number of amides is 1. The van der Waals surface area contributed by atoms with Crippen LogP contribution in [0.2, 0.25) is 0 Å². The summed E-state index contributed by atoms with van der Waals surface area (Å²) in [6, 6.07) is 2.94. The summed E-state index contributed by atoms with van der Waals surface area (Å²) < 4.78 is 50.8. The summed E-state index contributed by atoms with van der Waals surface area (Å²) in [5.41, 5.74) is -1.64. The lowest BCUT2D eigenvalue weighted by molar-refractivity contribution is -0.140. The van der Waals surface area contributed by atoms with E-state index in [2.05, 4.69) is 17.2 Å². The zero-order chi connectivity index (χ0) is 14.5. The Morgan fingerprint density at radius 1 is 1.37 bits per heavy atom. The van der Waals surface area contributed by atoms with Gasteiger partial charge in [-0.15, -0.1) is 0 Å². The second-order valence-electron chi connectivity index (χ2n) is 3.70. The van der Waals surface area contributed by atoms with Crippen LogP contribution < -0.4 is 5.32 Å². The SMILES string of the molecule is CC(=O)NCCC#Cc1cccc(C(F)(F)F)c1F. The predicted molar refractivity (Wildman–Crippen MR) is 61.6 cm³/mol. The van der Waals surface area contributed by atoms with E-state index in [9.17, 15) is 22.4 Å². The monoisotopic (exact) mass is 273 g/mol. The van der Waals surface area contributed by atoms with Crippen LogP contribution in [0.25, 0.3) is 0 Å². The number of alkyl halides is 3. The minimum absolute atomic E-state index is 0.230. The van der Waals surface area contributed by atoms with Crippen LogP contribution in [0.1, 0.15) is 24.5 Å². The molecule has 0 bridgehead atoms. The van der Waals surface area contributed by atoms with Crippen molar-refractivity contribution >= 4 is 5.91 Å². The van der Waals surface area contributed by atoms with E-state index < -0.39 is 17.6 Å². The summed E-state index contributed by atoms with van der Waals surface area (Å²) in [7, 11) is 0. The Morgan fingerprint density at radius 2 is 2.05 bits per heavy atom. The molecule has 0 unspecified atom stereocenters. The molecule has 0 aliphatic heterocycles. The maximum absolute atomic E-state index is 13.5. The van der Waals surface area contributed by atoms with E-state index in [0.29, 0.717) is 6.07 Å². The number of hydrogen-bond acceptors (Lipinski definition) is 1. The summed E-state index contributed by atoms with van der Waals surface area (Å²) in [6.45, 7) is 1.60. The molecule has 0 radical (unpaired) electrons. The van der Waals surface area contributed by atoms with Gasteiger partial charge in [-0.1, -0.05) is 17.9 Å². The van der Waals surface area contributed by atoms with Gasteiger partial charge in [0, 0.05) is 19.9 Å². The van der Waals surface area contributed by atoms with E-state index in [1.807, 2.05) is 0 Å². The summed E-state index contributed by atoms with van der Waals surface area (Å²) >= 11 is 0. The lowest BCUT2D eigenvalue weighted by Crippen LogP contribution is -2.20. The number of carbonyl (C=O) groups excluding carboxylic acids is 1. The van der Waals surface area contributed by atoms with E-state index in [-0.39, 0.29) is 24.4 Å². The fraction of sp³-hybridized carbons (Fsp3) is 0.308. The average molecular weight is 273 g/mol. The maximum atomic E-state index is 13.5. The van der Waals surface area contributed by atoms with E-state index >= 15 is 0 Å². The van der Waals surface area contributed by atoms with Crippen molar-refractivity contribution in [3.05, 3.63) is 35.1 Å². The van der Waals surface area contributed by atoms with Gasteiger partial charge < -0.3 is 5.32 Å². The van der Waals surface area contributed by atoms with Crippen LogP contribution in [-0.4, -0.2) is 12.5 Å². The second-order valence-corrected chi connectivity index (χ2v) is 3.70. The van der Waals surface area contributed by atoms with E-state index in [0.717, 1.165) is 6.07 Å². The quantitative estimate of drug-likeness (QED) is 0.501. The van der Waals surface area contributed by atoms with Crippen LogP contribution in [0.5, 0.6) is 0 Å². The molecule has 0 fully saturated rings. The number of rotatable bonds is 2. The Kier molecular flexibility index (Phi) is 4.93. The summed E-state index contributed by atoms with van der Waals surface area (Å²) in [5.74, 6) is 3.22. The number of hydrogen-bond donors (Lipinski definition) is 1. The summed E-state index contributed by atoms with van der Waals surface area (Å²) in [4.78, 5) is 10.5. The number of halogens is 4. The van der Waals surface area contributed by atoms with Gasteiger partial charge in [0.25, 0.3) is 0 Å². The summed E-state index contributed by atoms with van der Waals surface area (Å²) in [6.07, 6.45) is -4.51. The normalized spacial score (nSPS) is 10.6. The Hall–Kier alpha value is -2.03. The standard InChI is InChI=1S/C13H11F4NO/c1-9(19)18-8-3-2-5-10-6-4-7-11(12(10)14)13(15,16)17/h4,6-7H,3,8H2,1H3,(H,18,19). The van der Waals surface area contributed by atoms with E-state index in [1.165, 1.54) is 13.0 Å². The number of benzene rings is 1. The third kappa shape index (κ3) is 4.62. The van der Waals surface area contributed by atoms with Crippen LogP contribution in [0.4, 0.5) is 17.6 Å². The van der Waals surface area contributed by atoms with Crippen LogP contribution in [-0.2, 0) is 11.0 Å². The molecule has 0 aromatic heterocycles. The number of carbonyl (C=O) groups is 1.